The van der Waals surface area contributed by atoms with Crippen LogP contribution in [0, 0.1) is 6.92 Å². The minimum absolute atomic E-state index is 0.724. The molecular weight excluding hydrogens is 304 g/mol. The highest BCUT2D eigenvalue weighted by Crippen LogP contribution is 2.25. The van der Waals surface area contributed by atoms with Gasteiger partial charge in [0.2, 0.25) is 0 Å². The molecule has 0 aliphatic heterocycles. The smallest absolute Gasteiger partial charge is 0.180 e. The monoisotopic (exact) mass is 316 g/mol. The first-order valence-electron chi connectivity index (χ1n) is 5.98. The quantitative estimate of drug-likeness (QED) is 0.757. The molecule has 4 nitrogen and oxygen atoms in total. The van der Waals surface area contributed by atoms with Gasteiger partial charge in [0.05, 0.1) is 5.52 Å². The molecule has 0 bridgehead atoms. The van der Waals surface area contributed by atoms with E-state index in [1.54, 1.807) is 0 Å². The largest absolute Gasteiger partial charge is 0.373 e. The standard InChI is InChI=1S/C14H13BrN4/c1-8-7-9(3-4-10(8)15)13-17-11-5-6-12(16-2)18-14(11)19-13/h3-7H,1-2H3,(H2,16,17,18,19). The molecule has 0 radical (unpaired) electrons. The van der Waals surface area contributed by atoms with Gasteiger partial charge in [0.25, 0.3) is 0 Å². The van der Waals surface area contributed by atoms with Crippen LogP contribution in [0.15, 0.2) is 34.8 Å². The molecule has 2 heterocycles. The normalized spacial score (nSPS) is 10.9. The van der Waals surface area contributed by atoms with Crippen LogP contribution in [0.1, 0.15) is 5.56 Å². The number of imidazole rings is 1. The third-order valence-corrected chi connectivity index (χ3v) is 3.92. The van der Waals surface area contributed by atoms with E-state index in [9.17, 15) is 0 Å². The molecule has 2 N–H and O–H groups in total. The summed E-state index contributed by atoms with van der Waals surface area (Å²) in [6.45, 7) is 2.06. The average Bonchev–Trinajstić information content (AvgIpc) is 2.84. The Kier molecular flexibility index (Phi) is 2.98. The Morgan fingerprint density at radius 3 is 2.74 bits per heavy atom. The van der Waals surface area contributed by atoms with Crippen molar-refractivity contribution in [3.8, 4) is 11.4 Å². The van der Waals surface area contributed by atoms with Crippen LogP contribution in [0.25, 0.3) is 22.6 Å². The van der Waals surface area contributed by atoms with Crippen molar-refractivity contribution in [1.82, 2.24) is 15.0 Å². The summed E-state index contributed by atoms with van der Waals surface area (Å²) in [4.78, 5) is 12.3. The number of hydrogen-bond acceptors (Lipinski definition) is 3. The molecule has 0 amide bonds. The molecule has 5 heteroatoms. The number of H-pyrrole nitrogens is 1. The zero-order valence-corrected chi connectivity index (χ0v) is 12.2. The Balaban J connectivity index is 2.11. The fraction of sp³-hybridized carbons (Fsp3) is 0.143. The van der Waals surface area contributed by atoms with Crippen LogP contribution in [-0.2, 0) is 0 Å². The van der Waals surface area contributed by atoms with Gasteiger partial charge in [0.1, 0.15) is 11.6 Å². The van der Waals surface area contributed by atoms with Gasteiger partial charge in [-0.15, -0.1) is 0 Å². The van der Waals surface area contributed by atoms with Gasteiger partial charge < -0.3 is 10.3 Å². The fourth-order valence-electron chi connectivity index (χ4n) is 1.96. The van der Waals surface area contributed by atoms with Crippen LogP contribution in [0.4, 0.5) is 5.82 Å². The van der Waals surface area contributed by atoms with Crippen LogP contribution in [0.3, 0.4) is 0 Å². The van der Waals surface area contributed by atoms with Crippen molar-refractivity contribution in [2.45, 2.75) is 6.92 Å². The molecule has 0 fully saturated rings. The van der Waals surface area contributed by atoms with Crippen molar-refractivity contribution in [3.05, 3.63) is 40.4 Å². The lowest BCUT2D eigenvalue weighted by molar-refractivity contribution is 1.28. The average molecular weight is 317 g/mol. The molecule has 96 valence electrons. The summed E-state index contributed by atoms with van der Waals surface area (Å²) in [5, 5.41) is 3.01. The summed E-state index contributed by atoms with van der Waals surface area (Å²) in [6, 6.07) is 10.1. The second kappa shape index (κ2) is 4.66. The highest BCUT2D eigenvalue weighted by molar-refractivity contribution is 9.10. The predicted octanol–water partition coefficient (Wildman–Crippen LogP) is 3.74. The van der Waals surface area contributed by atoms with E-state index in [1.807, 2.05) is 31.3 Å². The van der Waals surface area contributed by atoms with Crippen molar-refractivity contribution in [1.29, 1.82) is 0 Å². The van der Waals surface area contributed by atoms with Crippen LogP contribution in [0.5, 0.6) is 0 Å². The molecule has 0 spiro atoms. The zero-order chi connectivity index (χ0) is 13.4. The maximum Gasteiger partial charge on any atom is 0.180 e. The van der Waals surface area contributed by atoms with Gasteiger partial charge in [-0.25, -0.2) is 9.97 Å². The van der Waals surface area contributed by atoms with Crippen molar-refractivity contribution >= 4 is 32.9 Å². The van der Waals surface area contributed by atoms with E-state index in [0.29, 0.717) is 0 Å². The van der Waals surface area contributed by atoms with Gasteiger partial charge in [0.15, 0.2) is 5.65 Å². The first-order chi connectivity index (χ1) is 9.17. The molecule has 19 heavy (non-hydrogen) atoms. The summed E-state index contributed by atoms with van der Waals surface area (Å²) in [7, 11) is 1.85. The number of pyridine rings is 1. The van der Waals surface area contributed by atoms with Gasteiger partial charge in [-0.2, -0.15) is 0 Å². The summed E-state index contributed by atoms with van der Waals surface area (Å²) < 4.78 is 1.10. The van der Waals surface area contributed by atoms with E-state index in [0.717, 1.165) is 32.8 Å². The second-order valence-corrected chi connectivity index (χ2v) is 5.22. The summed E-state index contributed by atoms with van der Waals surface area (Å²) in [5.74, 6) is 1.66. The Bertz CT molecular complexity index is 748. The van der Waals surface area contributed by atoms with Crippen LogP contribution in [0.2, 0.25) is 0 Å². The number of fused-ring (bicyclic) bond motifs is 1. The SMILES string of the molecule is CNc1ccc2[nH]c(-c3ccc(Br)c(C)c3)nc2n1. The third-order valence-electron chi connectivity index (χ3n) is 3.03. The number of aromatic amines is 1. The number of aromatic nitrogens is 3. The third kappa shape index (κ3) is 2.21. The fourth-order valence-corrected chi connectivity index (χ4v) is 2.21. The topological polar surface area (TPSA) is 53.6 Å². The highest BCUT2D eigenvalue weighted by atomic mass is 79.9. The van der Waals surface area contributed by atoms with Gasteiger partial charge in [-0.3, -0.25) is 0 Å². The molecule has 2 aromatic heterocycles. The van der Waals surface area contributed by atoms with Gasteiger partial charge in [0, 0.05) is 17.1 Å². The lowest BCUT2D eigenvalue weighted by atomic mass is 10.1. The van der Waals surface area contributed by atoms with Gasteiger partial charge in [-0.05, 0) is 36.8 Å². The van der Waals surface area contributed by atoms with Gasteiger partial charge >= 0.3 is 0 Å². The first kappa shape index (κ1) is 12.2. The number of anilines is 1. The van der Waals surface area contributed by atoms with E-state index in [-0.39, 0.29) is 0 Å². The lowest BCUT2D eigenvalue weighted by Gasteiger charge is -2.00. The van der Waals surface area contributed by atoms with E-state index in [2.05, 4.69) is 49.2 Å². The maximum atomic E-state index is 4.54. The highest BCUT2D eigenvalue weighted by Gasteiger charge is 2.07. The van der Waals surface area contributed by atoms with E-state index < -0.39 is 0 Å². The minimum Gasteiger partial charge on any atom is -0.373 e. The molecule has 1 aromatic carbocycles. The van der Waals surface area contributed by atoms with Crippen LogP contribution in [-0.4, -0.2) is 22.0 Å². The van der Waals surface area contributed by atoms with Crippen molar-refractivity contribution in [2.75, 3.05) is 12.4 Å². The Hall–Kier alpha value is -1.88. The van der Waals surface area contributed by atoms with E-state index in [4.69, 9.17) is 0 Å². The van der Waals surface area contributed by atoms with E-state index in [1.165, 1.54) is 5.56 Å². The molecular formula is C14H13BrN4. The van der Waals surface area contributed by atoms with Crippen molar-refractivity contribution < 1.29 is 0 Å². The number of nitrogens with one attached hydrogen (secondary N) is 2. The number of nitrogens with zero attached hydrogens (tertiary/aromatic N) is 2. The van der Waals surface area contributed by atoms with Crippen LogP contribution < -0.4 is 5.32 Å². The number of halogens is 1. The number of benzene rings is 1. The lowest BCUT2D eigenvalue weighted by Crippen LogP contribution is -1.91. The molecule has 0 aliphatic rings. The molecule has 0 saturated heterocycles. The van der Waals surface area contributed by atoms with Gasteiger partial charge in [-0.1, -0.05) is 22.0 Å². The number of rotatable bonds is 2. The van der Waals surface area contributed by atoms with Crippen molar-refractivity contribution in [3.63, 3.8) is 0 Å². The molecule has 3 rings (SSSR count). The Morgan fingerprint density at radius 1 is 1.16 bits per heavy atom. The molecule has 0 atom stereocenters. The van der Waals surface area contributed by atoms with Crippen molar-refractivity contribution in [2.24, 2.45) is 0 Å². The predicted molar refractivity (Wildman–Crippen MR) is 81.3 cm³/mol. The molecule has 0 unspecified atom stereocenters. The zero-order valence-electron chi connectivity index (χ0n) is 10.7. The Morgan fingerprint density at radius 2 is 2.00 bits per heavy atom. The maximum absolute atomic E-state index is 4.54. The van der Waals surface area contributed by atoms with Crippen LogP contribution >= 0.6 is 15.9 Å². The number of hydrogen-bond donors (Lipinski definition) is 2. The molecule has 0 aliphatic carbocycles. The van der Waals surface area contributed by atoms with E-state index >= 15 is 0 Å². The molecule has 0 saturated carbocycles. The number of aryl methyl sites for hydroxylation is 1. The summed E-state index contributed by atoms with van der Waals surface area (Å²) >= 11 is 3.50. The Labute approximate surface area is 119 Å². The minimum atomic E-state index is 0.724. The summed E-state index contributed by atoms with van der Waals surface area (Å²) in [6.07, 6.45) is 0. The molecule has 3 aromatic rings. The first-order valence-corrected chi connectivity index (χ1v) is 6.78. The second-order valence-electron chi connectivity index (χ2n) is 4.37. The summed E-state index contributed by atoms with van der Waals surface area (Å²) in [5.41, 5.74) is 3.91.